The molecule has 1 aromatic carbocycles. The third-order valence-corrected chi connectivity index (χ3v) is 5.46. The van der Waals surface area contributed by atoms with Crippen LogP contribution < -0.4 is 11.1 Å². The van der Waals surface area contributed by atoms with Crippen LogP contribution in [0.2, 0.25) is 0 Å². The Morgan fingerprint density at radius 2 is 2.04 bits per heavy atom. The lowest BCUT2D eigenvalue weighted by molar-refractivity contribution is -0.116. The zero-order valence-corrected chi connectivity index (χ0v) is 14.4. The number of nitrogen functional groups attached to an aromatic ring is 1. The van der Waals surface area contributed by atoms with E-state index in [1.54, 1.807) is 12.3 Å². The zero-order valence-electron chi connectivity index (χ0n) is 14.4. The van der Waals surface area contributed by atoms with Crippen LogP contribution in [0.1, 0.15) is 48.9 Å². The summed E-state index contributed by atoms with van der Waals surface area (Å²) < 4.78 is 1.94. The number of nitroso groups, excluding NO2 is 1. The maximum Gasteiger partial charge on any atom is 0.238 e. The van der Waals surface area contributed by atoms with Crippen molar-refractivity contribution in [2.45, 2.75) is 37.6 Å². The number of rotatable bonds is 3. The summed E-state index contributed by atoms with van der Waals surface area (Å²) in [6.45, 7) is 0. The third-order valence-electron chi connectivity index (χ3n) is 5.46. The van der Waals surface area contributed by atoms with Crippen LogP contribution in [0.15, 0.2) is 29.8 Å². The van der Waals surface area contributed by atoms with E-state index in [-0.39, 0.29) is 11.6 Å². The SMILES string of the molecule is Nc1cc(N=O)c2c(c1)C(c1ncnc3c1cnn3C1CCCC1)C(=O)N2. The maximum absolute atomic E-state index is 12.7. The normalized spacial score (nSPS) is 19.4. The number of fused-ring (bicyclic) bond motifs is 2. The second-order valence-corrected chi connectivity index (χ2v) is 7.04. The Kier molecular flexibility index (Phi) is 3.43. The molecule has 5 rings (SSSR count). The molecule has 1 saturated carbocycles. The number of nitrogens with zero attached hydrogens (tertiary/aromatic N) is 5. The Bertz CT molecular complexity index is 1080. The zero-order chi connectivity index (χ0) is 18.5. The molecule has 136 valence electrons. The lowest BCUT2D eigenvalue weighted by atomic mass is 9.94. The number of amides is 1. The van der Waals surface area contributed by atoms with Crippen molar-refractivity contribution in [3.63, 3.8) is 0 Å². The summed E-state index contributed by atoms with van der Waals surface area (Å²) in [4.78, 5) is 32.7. The minimum atomic E-state index is -0.685. The van der Waals surface area contributed by atoms with Crippen molar-refractivity contribution in [3.05, 3.63) is 40.8 Å². The van der Waals surface area contributed by atoms with E-state index in [9.17, 15) is 9.70 Å². The summed E-state index contributed by atoms with van der Waals surface area (Å²) >= 11 is 0. The highest BCUT2D eigenvalue weighted by atomic mass is 16.3. The second-order valence-electron chi connectivity index (χ2n) is 7.04. The maximum atomic E-state index is 12.7. The molecule has 1 unspecified atom stereocenters. The standard InChI is InChI=1S/C18H17N7O2/c19-9-5-11-14(18(26)23-15(11)13(6-9)24-27)16-12-7-22-25(10-3-1-2-4-10)17(12)21-8-20-16/h5-8,10,14H,1-4,19H2,(H,23,26). The van der Waals surface area contributed by atoms with Crippen molar-refractivity contribution in [1.82, 2.24) is 19.7 Å². The summed E-state index contributed by atoms with van der Waals surface area (Å²) in [6, 6.07) is 3.46. The van der Waals surface area contributed by atoms with E-state index in [4.69, 9.17) is 5.73 Å². The minimum Gasteiger partial charge on any atom is -0.399 e. The van der Waals surface area contributed by atoms with Gasteiger partial charge < -0.3 is 11.1 Å². The molecule has 1 aliphatic heterocycles. The van der Waals surface area contributed by atoms with Gasteiger partial charge in [0.15, 0.2) is 5.65 Å². The smallest absolute Gasteiger partial charge is 0.238 e. The van der Waals surface area contributed by atoms with Crippen molar-refractivity contribution >= 4 is 34.0 Å². The fraction of sp³-hybridized carbons (Fsp3) is 0.333. The summed E-state index contributed by atoms with van der Waals surface area (Å²) in [5.41, 5.74) is 8.67. The molecule has 3 heterocycles. The fourth-order valence-electron chi connectivity index (χ4n) is 4.24. The van der Waals surface area contributed by atoms with Gasteiger partial charge in [0.2, 0.25) is 5.91 Å². The van der Waals surface area contributed by atoms with Crippen LogP contribution in [0.3, 0.4) is 0 Å². The average molecular weight is 363 g/mol. The van der Waals surface area contributed by atoms with Crippen molar-refractivity contribution in [3.8, 4) is 0 Å². The number of carbonyl (C=O) groups excluding carboxylic acids is 1. The Morgan fingerprint density at radius 1 is 1.22 bits per heavy atom. The van der Waals surface area contributed by atoms with Crippen LogP contribution in [0, 0.1) is 4.91 Å². The first kappa shape index (κ1) is 15.9. The summed E-state index contributed by atoms with van der Waals surface area (Å²) in [5, 5.41) is 11.0. The molecule has 2 aromatic heterocycles. The number of carbonyl (C=O) groups is 1. The number of aromatic nitrogens is 4. The van der Waals surface area contributed by atoms with Crippen molar-refractivity contribution < 1.29 is 4.79 Å². The molecule has 1 fully saturated rings. The van der Waals surface area contributed by atoms with E-state index in [1.807, 2.05) is 4.68 Å². The number of benzene rings is 1. The van der Waals surface area contributed by atoms with Gasteiger partial charge in [-0.2, -0.15) is 5.10 Å². The van der Waals surface area contributed by atoms with Crippen LogP contribution >= 0.6 is 0 Å². The van der Waals surface area contributed by atoms with Crippen molar-refractivity contribution in [2.24, 2.45) is 5.18 Å². The number of nitrogens with two attached hydrogens (primary N) is 1. The molecule has 9 heteroatoms. The van der Waals surface area contributed by atoms with Gasteiger partial charge >= 0.3 is 0 Å². The van der Waals surface area contributed by atoms with Gasteiger partial charge in [-0.1, -0.05) is 12.8 Å². The lowest BCUT2D eigenvalue weighted by Gasteiger charge is -2.12. The largest absolute Gasteiger partial charge is 0.399 e. The number of hydrogen-bond donors (Lipinski definition) is 2. The Balaban J connectivity index is 1.68. The van der Waals surface area contributed by atoms with Crippen LogP contribution in [0.4, 0.5) is 17.1 Å². The van der Waals surface area contributed by atoms with Gasteiger partial charge in [0, 0.05) is 5.69 Å². The molecule has 1 amide bonds. The van der Waals surface area contributed by atoms with Crippen molar-refractivity contribution in [2.75, 3.05) is 11.1 Å². The van der Waals surface area contributed by atoms with Gasteiger partial charge in [0.1, 0.15) is 17.9 Å². The molecule has 3 aromatic rings. The van der Waals surface area contributed by atoms with Crippen molar-refractivity contribution in [1.29, 1.82) is 0 Å². The molecule has 27 heavy (non-hydrogen) atoms. The van der Waals surface area contributed by atoms with E-state index >= 15 is 0 Å². The molecule has 9 nitrogen and oxygen atoms in total. The van der Waals surface area contributed by atoms with Gasteiger partial charge in [0.25, 0.3) is 0 Å². The molecule has 0 saturated heterocycles. The van der Waals surface area contributed by atoms with E-state index in [2.05, 4.69) is 25.6 Å². The van der Waals surface area contributed by atoms with Gasteiger partial charge in [-0.25, -0.2) is 14.6 Å². The van der Waals surface area contributed by atoms with Gasteiger partial charge in [-0.05, 0) is 35.7 Å². The van der Waals surface area contributed by atoms with E-state index in [0.29, 0.717) is 28.7 Å². The Hall–Kier alpha value is -3.36. The number of nitrogens with one attached hydrogen (secondary N) is 1. The molecule has 1 atom stereocenters. The van der Waals surface area contributed by atoms with Gasteiger partial charge in [-0.15, -0.1) is 4.91 Å². The molecule has 0 spiro atoms. The predicted molar refractivity (Wildman–Crippen MR) is 99.6 cm³/mol. The van der Waals surface area contributed by atoms with Crippen LogP contribution in [0.5, 0.6) is 0 Å². The number of anilines is 2. The summed E-state index contributed by atoms with van der Waals surface area (Å²) in [7, 11) is 0. The first-order chi connectivity index (χ1) is 13.2. The molecular weight excluding hydrogens is 346 g/mol. The predicted octanol–water partition coefficient (Wildman–Crippen LogP) is 3.01. The minimum absolute atomic E-state index is 0.118. The molecule has 0 radical (unpaired) electrons. The quantitative estimate of drug-likeness (QED) is 0.544. The molecular formula is C18H17N7O2. The molecule has 0 bridgehead atoms. The fourth-order valence-corrected chi connectivity index (χ4v) is 4.24. The van der Waals surface area contributed by atoms with Crippen LogP contribution in [0.25, 0.3) is 11.0 Å². The van der Waals surface area contributed by atoms with E-state index in [0.717, 1.165) is 23.9 Å². The molecule has 3 N–H and O–H groups in total. The van der Waals surface area contributed by atoms with Crippen LogP contribution in [-0.4, -0.2) is 25.7 Å². The highest BCUT2D eigenvalue weighted by Crippen LogP contribution is 2.45. The first-order valence-electron chi connectivity index (χ1n) is 8.93. The Labute approximate surface area is 154 Å². The van der Waals surface area contributed by atoms with E-state index < -0.39 is 5.92 Å². The Morgan fingerprint density at radius 3 is 2.81 bits per heavy atom. The van der Waals surface area contributed by atoms with E-state index in [1.165, 1.54) is 25.2 Å². The first-order valence-corrected chi connectivity index (χ1v) is 8.93. The molecule has 2 aliphatic rings. The topological polar surface area (TPSA) is 128 Å². The monoisotopic (exact) mass is 363 g/mol. The summed E-state index contributed by atoms with van der Waals surface area (Å²) in [6.07, 6.45) is 7.70. The van der Waals surface area contributed by atoms with Crippen LogP contribution in [-0.2, 0) is 4.79 Å². The molecule has 1 aliphatic carbocycles. The number of hydrogen-bond acceptors (Lipinski definition) is 7. The highest BCUT2D eigenvalue weighted by molar-refractivity contribution is 6.09. The average Bonchev–Trinajstić information content (AvgIpc) is 3.38. The van der Waals surface area contributed by atoms with Gasteiger partial charge in [-0.3, -0.25) is 4.79 Å². The highest BCUT2D eigenvalue weighted by Gasteiger charge is 2.37. The van der Waals surface area contributed by atoms with Gasteiger partial charge in [0.05, 0.1) is 29.0 Å². The third kappa shape index (κ3) is 2.31. The lowest BCUT2D eigenvalue weighted by Crippen LogP contribution is -2.15. The summed E-state index contributed by atoms with van der Waals surface area (Å²) in [5.74, 6) is -0.954. The second kappa shape index (κ2) is 5.83.